The van der Waals surface area contributed by atoms with Crippen LogP contribution < -0.4 is 5.48 Å². The van der Waals surface area contributed by atoms with Gasteiger partial charge < -0.3 is 4.90 Å². The lowest BCUT2D eigenvalue weighted by Gasteiger charge is -2.29. The Kier molecular flexibility index (Phi) is 4.10. The minimum atomic E-state index is -0.560. The van der Waals surface area contributed by atoms with Crippen LogP contribution in [0.15, 0.2) is 54.7 Å². The first-order chi connectivity index (χ1) is 12.7. The molecule has 0 fully saturated rings. The lowest BCUT2D eigenvalue weighted by molar-refractivity contribution is 0.0706. The maximum absolute atomic E-state index is 12.9. The Morgan fingerprint density at radius 1 is 1.04 bits per heavy atom. The van der Waals surface area contributed by atoms with Gasteiger partial charge in [0.25, 0.3) is 11.8 Å². The highest BCUT2D eigenvalue weighted by molar-refractivity contribution is 5.97. The highest BCUT2D eigenvalue weighted by Gasteiger charge is 2.23. The zero-order valence-electron chi connectivity index (χ0n) is 14.0. The molecule has 0 unspecified atom stereocenters. The molecule has 0 aliphatic carbocycles. The predicted octanol–water partition coefficient (Wildman–Crippen LogP) is 2.55. The second kappa shape index (κ2) is 6.57. The lowest BCUT2D eigenvalue weighted by Crippen LogP contribution is -2.36. The van der Waals surface area contributed by atoms with Crippen molar-refractivity contribution < 1.29 is 14.8 Å². The topological polar surface area (TPSA) is 82.5 Å². The zero-order valence-corrected chi connectivity index (χ0v) is 14.0. The normalized spacial score (nSPS) is 13.3. The number of nitrogens with one attached hydrogen (secondary N) is 1. The van der Waals surface area contributed by atoms with E-state index >= 15 is 0 Å². The first kappa shape index (κ1) is 16.2. The summed E-state index contributed by atoms with van der Waals surface area (Å²) in [5, 5.41) is 9.73. The molecular weight excluding hydrogens is 330 g/mol. The molecule has 2 aromatic carbocycles. The van der Waals surface area contributed by atoms with E-state index in [1.165, 1.54) is 0 Å². The molecule has 2 N–H and O–H groups in total. The average Bonchev–Trinajstić information content (AvgIpc) is 2.71. The Morgan fingerprint density at radius 2 is 1.88 bits per heavy atom. The molecule has 2 amide bonds. The molecule has 0 saturated carbocycles. The summed E-state index contributed by atoms with van der Waals surface area (Å²) in [5.74, 6) is -0.638. The second-order valence-corrected chi connectivity index (χ2v) is 6.32. The van der Waals surface area contributed by atoms with Gasteiger partial charge in [-0.15, -0.1) is 0 Å². The molecule has 130 valence electrons. The molecule has 0 atom stereocenters. The van der Waals surface area contributed by atoms with Crippen LogP contribution in [0.2, 0.25) is 0 Å². The summed E-state index contributed by atoms with van der Waals surface area (Å²) in [6, 6.07) is 14.8. The molecule has 6 heteroatoms. The number of pyridine rings is 1. The van der Waals surface area contributed by atoms with Crippen molar-refractivity contribution in [3.8, 4) is 0 Å². The third-order valence-electron chi connectivity index (χ3n) is 4.71. The summed E-state index contributed by atoms with van der Waals surface area (Å²) in [6.07, 6.45) is 2.33. The standard InChI is InChI=1S/C20H17N3O3/c24-19(22-26)15-6-5-13-7-8-23(12-17(13)10-15)20(25)16-9-14-3-1-2-4-18(14)21-11-16/h1-6,9-11,26H,7-8,12H2,(H,22,24). The molecule has 1 aliphatic rings. The Morgan fingerprint density at radius 3 is 2.73 bits per heavy atom. The van der Waals surface area contributed by atoms with Crippen molar-refractivity contribution in [2.45, 2.75) is 13.0 Å². The molecule has 0 bridgehead atoms. The van der Waals surface area contributed by atoms with E-state index in [4.69, 9.17) is 5.21 Å². The number of carbonyl (C=O) groups is 2. The van der Waals surface area contributed by atoms with Crippen LogP contribution in [0.3, 0.4) is 0 Å². The number of hydrogen-bond donors (Lipinski definition) is 2. The maximum Gasteiger partial charge on any atom is 0.274 e. The quantitative estimate of drug-likeness (QED) is 0.551. The Labute approximate surface area is 150 Å². The van der Waals surface area contributed by atoms with Crippen LogP contribution in [-0.2, 0) is 13.0 Å². The predicted molar refractivity (Wildman–Crippen MR) is 95.9 cm³/mol. The minimum Gasteiger partial charge on any atom is -0.334 e. The number of rotatable bonds is 2. The van der Waals surface area contributed by atoms with E-state index in [1.807, 2.05) is 36.4 Å². The molecule has 3 aromatic rings. The van der Waals surface area contributed by atoms with Crippen LogP contribution in [0.5, 0.6) is 0 Å². The molecular formula is C20H17N3O3. The summed E-state index contributed by atoms with van der Waals surface area (Å²) >= 11 is 0. The SMILES string of the molecule is O=C(NO)c1ccc2c(c1)CN(C(=O)c1cnc3ccccc3c1)CC2. The summed E-state index contributed by atoms with van der Waals surface area (Å²) in [4.78, 5) is 30.6. The van der Waals surface area contributed by atoms with Crippen LogP contribution >= 0.6 is 0 Å². The van der Waals surface area contributed by atoms with E-state index < -0.39 is 5.91 Å². The molecule has 2 heterocycles. The first-order valence-electron chi connectivity index (χ1n) is 8.36. The Hall–Kier alpha value is -3.25. The fourth-order valence-electron chi connectivity index (χ4n) is 3.31. The number of hydroxylamine groups is 1. The highest BCUT2D eigenvalue weighted by Crippen LogP contribution is 2.23. The molecule has 4 rings (SSSR count). The van der Waals surface area contributed by atoms with Gasteiger partial charge in [-0.3, -0.25) is 19.8 Å². The number of hydrogen-bond acceptors (Lipinski definition) is 4. The van der Waals surface area contributed by atoms with E-state index in [-0.39, 0.29) is 5.91 Å². The van der Waals surface area contributed by atoms with Gasteiger partial charge >= 0.3 is 0 Å². The maximum atomic E-state index is 12.9. The molecule has 0 spiro atoms. The number of carbonyl (C=O) groups excluding carboxylic acids is 2. The average molecular weight is 347 g/mol. The summed E-state index contributed by atoms with van der Waals surface area (Å²) in [7, 11) is 0. The smallest absolute Gasteiger partial charge is 0.274 e. The minimum absolute atomic E-state index is 0.0779. The van der Waals surface area contributed by atoms with Crippen molar-refractivity contribution in [1.82, 2.24) is 15.4 Å². The number of fused-ring (bicyclic) bond motifs is 2. The summed E-state index contributed by atoms with van der Waals surface area (Å²) in [5.41, 5.74) is 5.44. The van der Waals surface area contributed by atoms with Crippen molar-refractivity contribution in [2.24, 2.45) is 0 Å². The van der Waals surface area contributed by atoms with Gasteiger partial charge in [0.05, 0.1) is 11.1 Å². The number of aromatic nitrogens is 1. The molecule has 1 aliphatic heterocycles. The van der Waals surface area contributed by atoms with Crippen LogP contribution in [0.4, 0.5) is 0 Å². The van der Waals surface area contributed by atoms with E-state index in [1.54, 1.807) is 28.7 Å². The summed E-state index contributed by atoms with van der Waals surface area (Å²) in [6.45, 7) is 1.04. The largest absolute Gasteiger partial charge is 0.334 e. The van der Waals surface area contributed by atoms with Crippen molar-refractivity contribution in [2.75, 3.05) is 6.54 Å². The lowest BCUT2D eigenvalue weighted by atomic mass is 9.96. The fraction of sp³-hybridized carbons (Fsp3) is 0.150. The fourth-order valence-corrected chi connectivity index (χ4v) is 3.31. The number of amides is 2. The Bertz CT molecular complexity index is 1020. The van der Waals surface area contributed by atoms with Gasteiger partial charge in [0.2, 0.25) is 0 Å². The highest BCUT2D eigenvalue weighted by atomic mass is 16.5. The molecule has 6 nitrogen and oxygen atoms in total. The van der Waals surface area contributed by atoms with Crippen molar-refractivity contribution >= 4 is 22.7 Å². The molecule has 0 saturated heterocycles. The van der Waals surface area contributed by atoms with Crippen molar-refractivity contribution in [3.05, 3.63) is 77.0 Å². The third-order valence-corrected chi connectivity index (χ3v) is 4.71. The van der Waals surface area contributed by atoms with Gasteiger partial charge in [-0.1, -0.05) is 24.3 Å². The van der Waals surface area contributed by atoms with Gasteiger partial charge in [-0.2, -0.15) is 0 Å². The number of para-hydroxylation sites is 1. The van der Waals surface area contributed by atoms with Gasteiger partial charge in [0.15, 0.2) is 0 Å². The van der Waals surface area contributed by atoms with E-state index in [2.05, 4.69) is 4.98 Å². The second-order valence-electron chi connectivity index (χ2n) is 6.32. The van der Waals surface area contributed by atoms with Gasteiger partial charge in [-0.05, 0) is 41.8 Å². The molecule has 1 aromatic heterocycles. The van der Waals surface area contributed by atoms with Crippen LogP contribution in [-0.4, -0.2) is 33.5 Å². The number of nitrogens with zero attached hydrogens (tertiary/aromatic N) is 2. The van der Waals surface area contributed by atoms with Crippen molar-refractivity contribution in [1.29, 1.82) is 0 Å². The van der Waals surface area contributed by atoms with E-state index in [0.29, 0.717) is 24.2 Å². The van der Waals surface area contributed by atoms with Crippen LogP contribution in [0.25, 0.3) is 10.9 Å². The number of benzene rings is 2. The third kappa shape index (κ3) is 2.91. The van der Waals surface area contributed by atoms with Crippen LogP contribution in [0, 0.1) is 0 Å². The summed E-state index contributed by atoms with van der Waals surface area (Å²) < 4.78 is 0. The van der Waals surface area contributed by atoms with Crippen molar-refractivity contribution in [3.63, 3.8) is 0 Å². The zero-order chi connectivity index (χ0) is 18.1. The van der Waals surface area contributed by atoms with E-state index in [0.717, 1.165) is 28.5 Å². The first-order valence-corrected chi connectivity index (χ1v) is 8.36. The van der Waals surface area contributed by atoms with Gasteiger partial charge in [0, 0.05) is 30.2 Å². The molecule has 0 radical (unpaired) electrons. The van der Waals surface area contributed by atoms with E-state index in [9.17, 15) is 9.59 Å². The van der Waals surface area contributed by atoms with Gasteiger partial charge in [0.1, 0.15) is 0 Å². The molecule has 26 heavy (non-hydrogen) atoms. The monoisotopic (exact) mass is 347 g/mol. The van der Waals surface area contributed by atoms with Gasteiger partial charge in [-0.25, -0.2) is 5.48 Å². The van der Waals surface area contributed by atoms with Crippen LogP contribution in [0.1, 0.15) is 31.8 Å². The Balaban J connectivity index is 1.60.